The van der Waals surface area contributed by atoms with Gasteiger partial charge in [0.1, 0.15) is 0 Å². The lowest BCUT2D eigenvalue weighted by Crippen LogP contribution is -2.22. The molecule has 1 aromatic rings. The van der Waals surface area contributed by atoms with Crippen LogP contribution < -0.4 is 5.73 Å². The smallest absolute Gasteiger partial charge is 0.0938 e. The van der Waals surface area contributed by atoms with Crippen molar-refractivity contribution in [1.82, 2.24) is 4.90 Å². The third-order valence-electron chi connectivity index (χ3n) is 3.07. The topological polar surface area (TPSA) is 69.7 Å². The molecule has 1 aliphatic rings. The number of β-amino-alcohol motifs (C(OH)–C–C–N with tert-alkyl or cyclic N) is 2. The van der Waals surface area contributed by atoms with Crippen molar-refractivity contribution in [2.75, 3.05) is 19.6 Å². The second-order valence-electron chi connectivity index (χ2n) is 4.49. The van der Waals surface area contributed by atoms with E-state index < -0.39 is 12.2 Å². The summed E-state index contributed by atoms with van der Waals surface area (Å²) in [5.74, 6) is 5.89. The van der Waals surface area contributed by atoms with E-state index in [0.29, 0.717) is 26.2 Å². The normalized spacial score (nSPS) is 23.7. The molecular weight excluding hydrogens is 228 g/mol. The lowest BCUT2D eigenvalue weighted by Gasteiger charge is -2.15. The van der Waals surface area contributed by atoms with Gasteiger partial charge < -0.3 is 15.9 Å². The summed E-state index contributed by atoms with van der Waals surface area (Å²) in [7, 11) is 0. The Morgan fingerprint density at radius 2 is 1.89 bits per heavy atom. The molecular formula is C14H18N2O2. The quantitative estimate of drug-likeness (QED) is 0.617. The van der Waals surface area contributed by atoms with Gasteiger partial charge in [-0.1, -0.05) is 30.0 Å². The number of likely N-dealkylation sites (tertiary alicyclic amines) is 1. The number of rotatable bonds is 2. The van der Waals surface area contributed by atoms with Gasteiger partial charge in [-0.15, -0.1) is 0 Å². The summed E-state index contributed by atoms with van der Waals surface area (Å²) in [4.78, 5) is 2.03. The van der Waals surface area contributed by atoms with Crippen molar-refractivity contribution in [3.05, 3.63) is 35.4 Å². The molecule has 0 saturated carbocycles. The van der Waals surface area contributed by atoms with E-state index in [1.54, 1.807) is 0 Å². The van der Waals surface area contributed by atoms with Crippen molar-refractivity contribution in [2.45, 2.75) is 18.8 Å². The zero-order valence-electron chi connectivity index (χ0n) is 10.2. The van der Waals surface area contributed by atoms with Gasteiger partial charge in [-0.05, 0) is 11.6 Å². The maximum atomic E-state index is 9.52. The van der Waals surface area contributed by atoms with Gasteiger partial charge in [-0.3, -0.25) is 4.90 Å². The molecule has 2 atom stereocenters. The fraction of sp³-hybridized carbons (Fsp3) is 0.429. The van der Waals surface area contributed by atoms with Crippen LogP contribution >= 0.6 is 0 Å². The third kappa shape index (κ3) is 3.09. The molecule has 1 aliphatic heterocycles. The molecule has 0 bridgehead atoms. The summed E-state index contributed by atoms with van der Waals surface area (Å²) in [6.07, 6.45) is -1.29. The molecule has 4 N–H and O–H groups in total. The summed E-state index contributed by atoms with van der Waals surface area (Å²) in [5.41, 5.74) is 7.43. The van der Waals surface area contributed by atoms with Gasteiger partial charge in [0.15, 0.2) is 0 Å². The number of benzene rings is 1. The Balaban J connectivity index is 2.10. The highest BCUT2D eigenvalue weighted by Gasteiger charge is 2.29. The lowest BCUT2D eigenvalue weighted by atomic mass is 10.1. The Morgan fingerprint density at radius 3 is 2.56 bits per heavy atom. The number of hydrogen-bond donors (Lipinski definition) is 3. The third-order valence-corrected chi connectivity index (χ3v) is 3.07. The van der Waals surface area contributed by atoms with Crippen molar-refractivity contribution >= 4 is 0 Å². The summed E-state index contributed by atoms with van der Waals surface area (Å²) in [6.45, 7) is 2.03. The Hall–Kier alpha value is -1.38. The lowest BCUT2D eigenvalue weighted by molar-refractivity contribution is 0.0572. The number of aliphatic hydroxyl groups is 2. The minimum atomic E-state index is -0.646. The Bertz CT molecular complexity index is 454. The van der Waals surface area contributed by atoms with Gasteiger partial charge in [0, 0.05) is 25.2 Å². The molecule has 0 amide bonds. The molecule has 0 aliphatic carbocycles. The molecule has 2 unspecified atom stereocenters. The molecule has 2 rings (SSSR count). The van der Waals surface area contributed by atoms with Crippen LogP contribution in [0.15, 0.2) is 24.3 Å². The molecule has 1 aromatic carbocycles. The number of hydrogen-bond acceptors (Lipinski definition) is 4. The van der Waals surface area contributed by atoms with E-state index in [2.05, 4.69) is 11.8 Å². The van der Waals surface area contributed by atoms with Crippen LogP contribution in [0.25, 0.3) is 0 Å². The van der Waals surface area contributed by atoms with E-state index in [-0.39, 0.29) is 0 Å². The zero-order valence-corrected chi connectivity index (χ0v) is 10.2. The average molecular weight is 246 g/mol. The van der Waals surface area contributed by atoms with Crippen LogP contribution in [-0.4, -0.2) is 47.0 Å². The predicted octanol–water partition coefficient (Wildman–Crippen LogP) is -0.466. The van der Waals surface area contributed by atoms with Crippen LogP contribution in [0.1, 0.15) is 11.1 Å². The largest absolute Gasteiger partial charge is 0.389 e. The minimum absolute atomic E-state index is 0.343. The molecule has 18 heavy (non-hydrogen) atoms. The SMILES string of the molecule is NCC#Cc1ccccc1CN1CC(O)C(O)C1. The molecule has 0 aromatic heterocycles. The standard InChI is InChI=1S/C14H18N2O2/c15-7-3-6-11-4-1-2-5-12(11)8-16-9-13(17)14(18)10-16/h1-2,4-5,13-14,17-18H,7-10,15H2. The van der Waals surface area contributed by atoms with E-state index in [9.17, 15) is 10.2 Å². The molecule has 1 fully saturated rings. The monoisotopic (exact) mass is 246 g/mol. The maximum Gasteiger partial charge on any atom is 0.0938 e. The van der Waals surface area contributed by atoms with E-state index in [1.165, 1.54) is 0 Å². The van der Waals surface area contributed by atoms with Crippen LogP contribution in [-0.2, 0) is 6.54 Å². The van der Waals surface area contributed by atoms with Crippen LogP contribution in [0.5, 0.6) is 0 Å². The van der Waals surface area contributed by atoms with Crippen LogP contribution in [0.4, 0.5) is 0 Å². The first kappa shape index (κ1) is 13.1. The molecule has 0 spiro atoms. The first-order valence-electron chi connectivity index (χ1n) is 6.06. The van der Waals surface area contributed by atoms with Gasteiger partial charge in [-0.2, -0.15) is 0 Å². The van der Waals surface area contributed by atoms with Gasteiger partial charge in [0.05, 0.1) is 18.8 Å². The Morgan fingerprint density at radius 1 is 1.22 bits per heavy atom. The molecule has 4 heteroatoms. The Kier molecular flexibility index (Phi) is 4.34. The zero-order chi connectivity index (χ0) is 13.0. The minimum Gasteiger partial charge on any atom is -0.389 e. The maximum absolute atomic E-state index is 9.52. The van der Waals surface area contributed by atoms with Crippen molar-refractivity contribution in [2.24, 2.45) is 5.73 Å². The van der Waals surface area contributed by atoms with Gasteiger partial charge >= 0.3 is 0 Å². The van der Waals surface area contributed by atoms with Crippen molar-refractivity contribution in [3.8, 4) is 11.8 Å². The summed E-state index contributed by atoms with van der Waals surface area (Å²) in [5, 5.41) is 19.0. The number of aliphatic hydroxyl groups excluding tert-OH is 2. The van der Waals surface area contributed by atoms with Crippen LogP contribution in [0.2, 0.25) is 0 Å². The van der Waals surface area contributed by atoms with Crippen LogP contribution in [0, 0.1) is 11.8 Å². The average Bonchev–Trinajstić information content (AvgIpc) is 2.67. The van der Waals surface area contributed by atoms with Crippen molar-refractivity contribution < 1.29 is 10.2 Å². The van der Waals surface area contributed by atoms with Gasteiger partial charge in [0.25, 0.3) is 0 Å². The second kappa shape index (κ2) is 5.98. The second-order valence-corrected chi connectivity index (χ2v) is 4.49. The first-order chi connectivity index (χ1) is 8.70. The summed E-state index contributed by atoms with van der Waals surface area (Å²) in [6, 6.07) is 7.88. The number of nitrogens with zero attached hydrogens (tertiary/aromatic N) is 1. The van der Waals surface area contributed by atoms with E-state index in [4.69, 9.17) is 5.73 Å². The van der Waals surface area contributed by atoms with Crippen molar-refractivity contribution in [3.63, 3.8) is 0 Å². The van der Waals surface area contributed by atoms with Crippen molar-refractivity contribution in [1.29, 1.82) is 0 Å². The number of nitrogens with two attached hydrogens (primary N) is 1. The van der Waals surface area contributed by atoms with E-state index in [1.807, 2.05) is 29.2 Å². The Labute approximate surface area is 107 Å². The van der Waals surface area contributed by atoms with Gasteiger partial charge in [0.2, 0.25) is 0 Å². The highest BCUT2D eigenvalue weighted by atomic mass is 16.3. The highest BCUT2D eigenvalue weighted by Crippen LogP contribution is 2.16. The molecule has 1 saturated heterocycles. The molecule has 1 heterocycles. The fourth-order valence-electron chi connectivity index (χ4n) is 2.14. The molecule has 4 nitrogen and oxygen atoms in total. The molecule has 0 radical (unpaired) electrons. The first-order valence-corrected chi connectivity index (χ1v) is 6.06. The summed E-state index contributed by atoms with van der Waals surface area (Å²) >= 11 is 0. The molecule has 96 valence electrons. The predicted molar refractivity (Wildman–Crippen MR) is 69.7 cm³/mol. The van der Waals surface area contributed by atoms with E-state index >= 15 is 0 Å². The summed E-state index contributed by atoms with van der Waals surface area (Å²) < 4.78 is 0. The van der Waals surface area contributed by atoms with E-state index in [0.717, 1.165) is 11.1 Å². The fourth-order valence-corrected chi connectivity index (χ4v) is 2.14. The highest BCUT2D eigenvalue weighted by molar-refractivity contribution is 5.41. The van der Waals surface area contributed by atoms with Gasteiger partial charge in [-0.25, -0.2) is 0 Å². The van der Waals surface area contributed by atoms with Crippen LogP contribution in [0.3, 0.4) is 0 Å².